The minimum atomic E-state index is -1.12. The van der Waals surface area contributed by atoms with Gasteiger partial charge in [-0.15, -0.1) is 0 Å². The molecule has 2 aromatic rings. The first-order chi connectivity index (χ1) is 15.1. The smallest absolute Gasteiger partial charge is 0.308 e. The van der Waals surface area contributed by atoms with E-state index in [9.17, 15) is 19.5 Å². The Kier molecular flexibility index (Phi) is 6.55. The molecule has 3 rings (SSSR count). The summed E-state index contributed by atoms with van der Waals surface area (Å²) in [5.74, 6) is -0.412. The first-order valence-electron chi connectivity index (χ1n) is 10.3. The molecule has 0 saturated carbocycles. The fourth-order valence-electron chi connectivity index (χ4n) is 4.05. The van der Waals surface area contributed by atoms with E-state index >= 15 is 0 Å². The van der Waals surface area contributed by atoms with E-state index in [1.165, 1.54) is 13.8 Å². The molecule has 0 fully saturated rings. The molecule has 170 valence electrons. The van der Waals surface area contributed by atoms with Crippen molar-refractivity contribution in [3.63, 3.8) is 0 Å². The van der Waals surface area contributed by atoms with Gasteiger partial charge in [-0.05, 0) is 51.5 Å². The van der Waals surface area contributed by atoms with Crippen molar-refractivity contribution in [1.82, 2.24) is 0 Å². The fraction of sp³-hybridized carbons (Fsp3) is 0.375. The molecule has 32 heavy (non-hydrogen) atoms. The largest absolute Gasteiger partial charge is 0.481 e. The number of esters is 2. The van der Waals surface area contributed by atoms with Gasteiger partial charge in [-0.3, -0.25) is 14.4 Å². The van der Waals surface area contributed by atoms with E-state index in [0.29, 0.717) is 51.9 Å². The maximum atomic E-state index is 11.5. The van der Waals surface area contributed by atoms with E-state index in [4.69, 9.17) is 18.9 Å². The SMILES string of the molecule is CCOC1(CCC(=O)O)c2ccc(OC(C)=O)c(C)c2Oc2c1ccc(OC(C)=O)c2C. The van der Waals surface area contributed by atoms with Crippen LogP contribution < -0.4 is 14.2 Å². The average Bonchev–Trinajstić information content (AvgIpc) is 2.71. The summed E-state index contributed by atoms with van der Waals surface area (Å²) < 4.78 is 23.2. The first kappa shape index (κ1) is 23.3. The molecule has 1 N–H and O–H groups in total. The molecule has 2 aromatic carbocycles. The Morgan fingerprint density at radius 3 is 1.75 bits per heavy atom. The highest BCUT2D eigenvalue weighted by atomic mass is 16.5. The summed E-state index contributed by atoms with van der Waals surface area (Å²) in [5.41, 5.74) is 1.30. The maximum absolute atomic E-state index is 11.5. The molecule has 0 unspecified atom stereocenters. The van der Waals surface area contributed by atoms with Crippen LogP contribution in [-0.4, -0.2) is 29.6 Å². The van der Waals surface area contributed by atoms with Crippen LogP contribution in [0.3, 0.4) is 0 Å². The fourth-order valence-corrected chi connectivity index (χ4v) is 4.05. The van der Waals surface area contributed by atoms with Gasteiger partial charge in [-0.1, -0.05) is 0 Å². The van der Waals surface area contributed by atoms with Crippen LogP contribution >= 0.6 is 0 Å². The number of carboxylic acid groups (broad SMARTS) is 1. The number of hydrogen-bond donors (Lipinski definition) is 1. The van der Waals surface area contributed by atoms with E-state index < -0.39 is 23.5 Å². The summed E-state index contributed by atoms with van der Waals surface area (Å²) >= 11 is 0. The van der Waals surface area contributed by atoms with Crippen molar-refractivity contribution >= 4 is 17.9 Å². The maximum Gasteiger partial charge on any atom is 0.308 e. The van der Waals surface area contributed by atoms with Crippen LogP contribution in [0.5, 0.6) is 23.0 Å². The van der Waals surface area contributed by atoms with Crippen molar-refractivity contribution in [2.75, 3.05) is 6.61 Å². The third kappa shape index (κ3) is 4.18. The molecular formula is C24H26O8. The Bertz CT molecular complexity index is 1010. The lowest BCUT2D eigenvalue weighted by atomic mass is 9.78. The second-order valence-corrected chi connectivity index (χ2v) is 7.57. The second kappa shape index (κ2) is 9.00. The van der Waals surface area contributed by atoms with Crippen LogP contribution in [0.4, 0.5) is 0 Å². The molecule has 1 aliphatic heterocycles. The number of hydrogen-bond acceptors (Lipinski definition) is 7. The van der Waals surface area contributed by atoms with E-state index in [2.05, 4.69) is 0 Å². The number of ether oxygens (including phenoxy) is 4. The predicted octanol–water partition coefficient (Wildman–Crippen LogP) is 4.40. The molecule has 0 radical (unpaired) electrons. The molecule has 0 spiro atoms. The van der Waals surface area contributed by atoms with Gasteiger partial charge in [-0.25, -0.2) is 0 Å². The van der Waals surface area contributed by atoms with Gasteiger partial charge in [0.1, 0.15) is 28.6 Å². The van der Waals surface area contributed by atoms with Crippen LogP contribution in [-0.2, 0) is 24.7 Å². The summed E-state index contributed by atoms with van der Waals surface area (Å²) in [7, 11) is 0. The number of aliphatic carboxylic acids is 1. The lowest BCUT2D eigenvalue weighted by Crippen LogP contribution is -2.36. The van der Waals surface area contributed by atoms with Gasteiger partial charge in [0.15, 0.2) is 0 Å². The molecule has 0 bridgehead atoms. The van der Waals surface area contributed by atoms with Crippen LogP contribution in [0.2, 0.25) is 0 Å². The summed E-state index contributed by atoms with van der Waals surface area (Å²) in [5, 5.41) is 9.42. The Balaban J connectivity index is 2.30. The summed E-state index contributed by atoms with van der Waals surface area (Å²) in [6.45, 7) is 8.26. The highest BCUT2D eigenvalue weighted by molar-refractivity contribution is 5.73. The highest BCUT2D eigenvalue weighted by Crippen LogP contribution is 2.55. The molecule has 8 heteroatoms. The van der Waals surface area contributed by atoms with Gasteiger partial charge in [-0.2, -0.15) is 0 Å². The number of fused-ring (bicyclic) bond motifs is 2. The zero-order chi connectivity index (χ0) is 23.6. The lowest BCUT2D eigenvalue weighted by Gasteiger charge is -2.41. The monoisotopic (exact) mass is 442 g/mol. The van der Waals surface area contributed by atoms with Crippen molar-refractivity contribution in [2.24, 2.45) is 0 Å². The number of carbonyl (C=O) groups is 3. The van der Waals surface area contributed by atoms with Crippen molar-refractivity contribution < 1.29 is 38.4 Å². The van der Waals surface area contributed by atoms with E-state index in [1.54, 1.807) is 38.1 Å². The van der Waals surface area contributed by atoms with Crippen molar-refractivity contribution in [1.29, 1.82) is 0 Å². The van der Waals surface area contributed by atoms with E-state index in [1.807, 2.05) is 6.92 Å². The standard InChI is InChI=1S/C24H26O8/c1-6-29-24(12-11-21(27)28)17-7-9-19(30-15(4)25)13(2)22(17)32-23-14(3)20(31-16(5)26)10-8-18(23)24/h7-10H,6,11-12H2,1-5H3,(H,27,28). The van der Waals surface area contributed by atoms with Gasteiger partial charge in [0.25, 0.3) is 0 Å². The van der Waals surface area contributed by atoms with Crippen LogP contribution in [0.15, 0.2) is 24.3 Å². The van der Waals surface area contributed by atoms with Crippen LogP contribution in [0.25, 0.3) is 0 Å². The Hall–Kier alpha value is -3.39. The zero-order valence-corrected chi connectivity index (χ0v) is 18.7. The molecule has 1 heterocycles. The summed E-state index contributed by atoms with van der Waals surface area (Å²) in [6, 6.07) is 6.77. The Morgan fingerprint density at radius 2 is 1.38 bits per heavy atom. The molecule has 0 aromatic heterocycles. The number of benzene rings is 2. The molecule has 0 amide bonds. The van der Waals surface area contributed by atoms with E-state index in [-0.39, 0.29) is 12.8 Å². The van der Waals surface area contributed by atoms with Gasteiger partial charge < -0.3 is 24.1 Å². The zero-order valence-electron chi connectivity index (χ0n) is 18.7. The van der Waals surface area contributed by atoms with Crippen molar-refractivity contribution in [3.8, 4) is 23.0 Å². The third-order valence-electron chi connectivity index (χ3n) is 5.38. The summed E-state index contributed by atoms with van der Waals surface area (Å²) in [4.78, 5) is 34.6. The van der Waals surface area contributed by atoms with Gasteiger partial charge in [0.2, 0.25) is 0 Å². The Morgan fingerprint density at radius 1 is 0.906 bits per heavy atom. The second-order valence-electron chi connectivity index (χ2n) is 7.57. The minimum absolute atomic E-state index is 0.144. The molecule has 0 aliphatic carbocycles. The number of carbonyl (C=O) groups excluding carboxylic acids is 2. The lowest BCUT2D eigenvalue weighted by molar-refractivity contribution is -0.139. The summed E-state index contributed by atoms with van der Waals surface area (Å²) in [6.07, 6.45) is 0.00656. The molecule has 0 saturated heterocycles. The van der Waals surface area contributed by atoms with Crippen molar-refractivity contribution in [2.45, 2.75) is 53.1 Å². The Labute approximate surface area is 186 Å². The molecule has 1 aliphatic rings. The van der Waals surface area contributed by atoms with Gasteiger partial charge >= 0.3 is 17.9 Å². The predicted molar refractivity (Wildman–Crippen MR) is 114 cm³/mol. The number of carboxylic acids is 1. The first-order valence-corrected chi connectivity index (χ1v) is 10.3. The minimum Gasteiger partial charge on any atom is -0.481 e. The molecule has 8 nitrogen and oxygen atoms in total. The molecular weight excluding hydrogens is 416 g/mol. The van der Waals surface area contributed by atoms with Crippen LogP contribution in [0.1, 0.15) is 55.9 Å². The van der Waals surface area contributed by atoms with Gasteiger partial charge in [0, 0.05) is 49.1 Å². The number of rotatable bonds is 7. The molecule has 0 atom stereocenters. The quantitative estimate of drug-likeness (QED) is 0.496. The van der Waals surface area contributed by atoms with Crippen molar-refractivity contribution in [3.05, 3.63) is 46.5 Å². The van der Waals surface area contributed by atoms with Crippen LogP contribution in [0, 0.1) is 13.8 Å². The topological polar surface area (TPSA) is 108 Å². The highest BCUT2D eigenvalue weighted by Gasteiger charge is 2.45. The normalized spacial score (nSPS) is 13.4. The van der Waals surface area contributed by atoms with Gasteiger partial charge in [0.05, 0.1) is 0 Å². The average molecular weight is 442 g/mol. The third-order valence-corrected chi connectivity index (χ3v) is 5.38. The van der Waals surface area contributed by atoms with E-state index in [0.717, 1.165) is 0 Å².